The number of ether oxygens (including phenoxy) is 8. The van der Waals surface area contributed by atoms with Gasteiger partial charge >= 0.3 is 5.97 Å². The predicted octanol–water partition coefficient (Wildman–Crippen LogP) is -1.08. The number of nitrogens with one attached hydrogen (secondary N) is 2. The summed E-state index contributed by atoms with van der Waals surface area (Å²) in [5.74, 6) is -3.08. The quantitative estimate of drug-likeness (QED) is 0.0558. The largest absolute Gasteiger partial charge is 0.480 e. The molecule has 0 unspecified atom stereocenters. The van der Waals surface area contributed by atoms with Gasteiger partial charge in [-0.3, -0.25) is 24.1 Å². The highest BCUT2D eigenvalue weighted by atomic mass is 16.6. The Hall–Kier alpha value is -3.03. The van der Waals surface area contributed by atoms with Crippen LogP contribution in [0.15, 0.2) is 12.2 Å². The van der Waals surface area contributed by atoms with Crippen molar-refractivity contribution in [3.05, 3.63) is 12.2 Å². The van der Waals surface area contributed by atoms with Crippen LogP contribution in [-0.2, 0) is 61.9 Å². The van der Waals surface area contributed by atoms with Crippen molar-refractivity contribution in [3.63, 3.8) is 0 Å². The Labute approximate surface area is 275 Å². The van der Waals surface area contributed by atoms with Gasteiger partial charge in [-0.2, -0.15) is 0 Å². The second-order valence-corrected chi connectivity index (χ2v) is 9.89. The Bertz CT molecular complexity index is 902. The number of methoxy groups -OCH3 is 1. The van der Waals surface area contributed by atoms with Gasteiger partial charge in [-0.05, 0) is 12.8 Å². The molecule has 1 atom stereocenters. The molecule has 17 heteroatoms. The molecular formula is C30H51N3O14. The number of carbonyl (C=O) groups is 5. The van der Waals surface area contributed by atoms with Crippen LogP contribution in [0.2, 0.25) is 0 Å². The monoisotopic (exact) mass is 677 g/mol. The van der Waals surface area contributed by atoms with Gasteiger partial charge in [-0.1, -0.05) is 0 Å². The summed E-state index contributed by atoms with van der Waals surface area (Å²) in [6, 6.07) is -1.24. The van der Waals surface area contributed by atoms with E-state index in [0.717, 1.165) is 17.1 Å². The van der Waals surface area contributed by atoms with Crippen molar-refractivity contribution < 1.29 is 67.0 Å². The molecule has 0 aromatic heterocycles. The third-order valence-corrected chi connectivity index (χ3v) is 6.21. The Balaban J connectivity index is 1.86. The maximum atomic E-state index is 12.1. The maximum Gasteiger partial charge on any atom is 0.326 e. The SMILES string of the molecule is COCCOCCOCCOCCOCCOCCOCCOCCNC(=O)CC[C@H](NC(=O)CCCN1C(=O)C=CC1=O)C(=O)O. The van der Waals surface area contributed by atoms with Crippen LogP contribution in [0.5, 0.6) is 0 Å². The minimum absolute atomic E-state index is 0.0562. The number of hydrogen-bond donors (Lipinski definition) is 3. The Morgan fingerprint density at radius 1 is 0.660 bits per heavy atom. The number of rotatable bonds is 33. The Kier molecular flexibility index (Phi) is 26.0. The second-order valence-electron chi connectivity index (χ2n) is 9.89. The molecule has 1 heterocycles. The van der Waals surface area contributed by atoms with E-state index in [9.17, 15) is 29.1 Å². The molecule has 0 saturated heterocycles. The van der Waals surface area contributed by atoms with Gasteiger partial charge in [0.25, 0.3) is 11.8 Å². The predicted molar refractivity (Wildman–Crippen MR) is 165 cm³/mol. The maximum absolute atomic E-state index is 12.1. The molecule has 0 aromatic carbocycles. The zero-order valence-corrected chi connectivity index (χ0v) is 27.3. The van der Waals surface area contributed by atoms with E-state index in [-0.39, 0.29) is 51.3 Å². The summed E-state index contributed by atoms with van der Waals surface area (Å²) in [7, 11) is 1.63. The van der Waals surface area contributed by atoms with Crippen molar-refractivity contribution in [2.24, 2.45) is 0 Å². The van der Waals surface area contributed by atoms with Crippen molar-refractivity contribution in [1.82, 2.24) is 15.5 Å². The van der Waals surface area contributed by atoms with Crippen LogP contribution in [0.25, 0.3) is 0 Å². The number of aliphatic carboxylic acids is 1. The highest BCUT2D eigenvalue weighted by Gasteiger charge is 2.24. The van der Waals surface area contributed by atoms with Crippen molar-refractivity contribution in [2.45, 2.75) is 31.7 Å². The van der Waals surface area contributed by atoms with Crippen LogP contribution < -0.4 is 10.6 Å². The van der Waals surface area contributed by atoms with Crippen LogP contribution in [0, 0.1) is 0 Å². The summed E-state index contributed by atoms with van der Waals surface area (Å²) in [4.78, 5) is 59.7. The molecule has 3 N–H and O–H groups in total. The first kappa shape index (κ1) is 42.0. The molecule has 0 bridgehead atoms. The van der Waals surface area contributed by atoms with Crippen molar-refractivity contribution in [3.8, 4) is 0 Å². The standard InChI is InChI=1S/C30H51N3O14/c1-40-11-12-42-15-16-44-19-20-46-23-24-47-22-21-45-18-17-43-14-13-41-10-8-31-26(34)5-4-25(30(38)39)32-27(35)3-2-9-33-28(36)6-7-29(33)37/h6-7,25H,2-5,8-24H2,1H3,(H,31,34)(H,32,35)(H,38,39)/t25-/m0/s1. The third-order valence-electron chi connectivity index (χ3n) is 6.21. The molecule has 0 saturated carbocycles. The molecule has 0 aromatic rings. The molecule has 17 nitrogen and oxygen atoms in total. The molecule has 1 aliphatic rings. The molecule has 47 heavy (non-hydrogen) atoms. The van der Waals surface area contributed by atoms with Crippen LogP contribution in [0.1, 0.15) is 25.7 Å². The lowest BCUT2D eigenvalue weighted by Crippen LogP contribution is -2.42. The summed E-state index contributed by atoms with van der Waals surface area (Å²) in [5.41, 5.74) is 0. The first-order valence-electron chi connectivity index (χ1n) is 15.7. The van der Waals surface area contributed by atoms with Crippen LogP contribution in [-0.4, -0.2) is 165 Å². The second kappa shape index (κ2) is 29.1. The lowest BCUT2D eigenvalue weighted by molar-refractivity contribution is -0.142. The fraction of sp³-hybridized carbons (Fsp3) is 0.767. The molecule has 0 spiro atoms. The van der Waals surface area contributed by atoms with Crippen LogP contribution in [0.3, 0.4) is 0 Å². The van der Waals surface area contributed by atoms with E-state index in [0.29, 0.717) is 92.5 Å². The number of carbonyl (C=O) groups excluding carboxylic acids is 4. The number of amides is 4. The van der Waals surface area contributed by atoms with E-state index in [1.807, 2.05) is 0 Å². The van der Waals surface area contributed by atoms with Crippen molar-refractivity contribution >= 4 is 29.6 Å². The molecule has 0 aliphatic carbocycles. The van der Waals surface area contributed by atoms with Gasteiger partial charge in [0.15, 0.2) is 0 Å². The van der Waals surface area contributed by atoms with Crippen LogP contribution >= 0.6 is 0 Å². The summed E-state index contributed by atoms with van der Waals surface area (Å²) in [6.45, 7) is 7.03. The molecule has 4 amide bonds. The van der Waals surface area contributed by atoms with E-state index >= 15 is 0 Å². The topological polar surface area (TPSA) is 207 Å². The van der Waals surface area contributed by atoms with Crippen molar-refractivity contribution in [2.75, 3.05) is 119 Å². The summed E-state index contributed by atoms with van der Waals surface area (Å²) >= 11 is 0. The first-order chi connectivity index (χ1) is 22.8. The van der Waals surface area contributed by atoms with Gasteiger partial charge in [0.05, 0.1) is 99.1 Å². The molecular weight excluding hydrogens is 626 g/mol. The molecule has 1 rings (SSSR count). The van der Waals surface area contributed by atoms with Gasteiger partial charge in [0.2, 0.25) is 11.8 Å². The van der Waals surface area contributed by atoms with Gasteiger partial charge in [-0.25, -0.2) is 4.79 Å². The summed E-state index contributed by atoms with van der Waals surface area (Å²) in [6.07, 6.45) is 2.21. The van der Waals surface area contributed by atoms with E-state index < -0.39 is 29.7 Å². The normalized spacial score (nSPS) is 13.3. The fourth-order valence-corrected chi connectivity index (χ4v) is 3.76. The van der Waals surface area contributed by atoms with Gasteiger partial charge < -0.3 is 53.6 Å². The van der Waals surface area contributed by atoms with Gasteiger partial charge in [-0.15, -0.1) is 0 Å². The van der Waals surface area contributed by atoms with E-state index in [1.54, 1.807) is 7.11 Å². The Morgan fingerprint density at radius 2 is 1.09 bits per heavy atom. The zero-order chi connectivity index (χ0) is 34.4. The van der Waals surface area contributed by atoms with E-state index in [2.05, 4.69) is 10.6 Å². The summed E-state index contributed by atoms with van der Waals surface area (Å²) in [5, 5.41) is 14.4. The van der Waals surface area contributed by atoms with Crippen LogP contribution in [0.4, 0.5) is 0 Å². The summed E-state index contributed by atoms with van der Waals surface area (Å²) < 4.78 is 42.6. The highest BCUT2D eigenvalue weighted by molar-refractivity contribution is 6.12. The van der Waals surface area contributed by atoms with Crippen molar-refractivity contribution in [1.29, 1.82) is 0 Å². The first-order valence-corrected chi connectivity index (χ1v) is 15.7. The Morgan fingerprint density at radius 3 is 1.51 bits per heavy atom. The average Bonchev–Trinajstić information content (AvgIpc) is 3.37. The zero-order valence-electron chi connectivity index (χ0n) is 27.3. The fourth-order valence-electron chi connectivity index (χ4n) is 3.76. The van der Waals surface area contributed by atoms with E-state index in [4.69, 9.17) is 37.9 Å². The lowest BCUT2D eigenvalue weighted by atomic mass is 10.1. The minimum atomic E-state index is -1.27. The molecule has 0 radical (unpaired) electrons. The molecule has 270 valence electrons. The molecule has 1 aliphatic heterocycles. The lowest BCUT2D eigenvalue weighted by Gasteiger charge is -2.16. The average molecular weight is 678 g/mol. The van der Waals surface area contributed by atoms with Gasteiger partial charge in [0.1, 0.15) is 6.04 Å². The van der Waals surface area contributed by atoms with Gasteiger partial charge in [0, 0.05) is 45.2 Å². The minimum Gasteiger partial charge on any atom is -0.480 e. The number of imide groups is 1. The number of nitrogens with zero attached hydrogens (tertiary/aromatic N) is 1. The van der Waals surface area contributed by atoms with E-state index in [1.165, 1.54) is 0 Å². The number of hydrogen-bond acceptors (Lipinski definition) is 13. The number of carboxylic acid groups (broad SMARTS) is 1. The number of carboxylic acids is 1. The third kappa shape index (κ3) is 23.9. The highest BCUT2D eigenvalue weighted by Crippen LogP contribution is 2.06. The molecule has 0 fully saturated rings. The smallest absolute Gasteiger partial charge is 0.326 e.